The summed E-state index contributed by atoms with van der Waals surface area (Å²) in [7, 11) is 0. The van der Waals surface area contributed by atoms with Gasteiger partial charge in [0.1, 0.15) is 0 Å². The van der Waals surface area contributed by atoms with Crippen molar-refractivity contribution in [2.75, 3.05) is 0 Å². The summed E-state index contributed by atoms with van der Waals surface area (Å²) >= 11 is -1.08. The van der Waals surface area contributed by atoms with Crippen molar-refractivity contribution in [1.82, 2.24) is 0 Å². The average Bonchev–Trinajstić information content (AvgIpc) is 2.05. The zero-order valence-electron chi connectivity index (χ0n) is 5.54. The molecule has 0 bridgehead atoms. The van der Waals surface area contributed by atoms with Crippen LogP contribution in [-0.4, -0.2) is 16.1 Å². The molecule has 0 unspecified atom stereocenters. The van der Waals surface area contributed by atoms with E-state index in [0.29, 0.717) is 0 Å². The summed E-state index contributed by atoms with van der Waals surface area (Å²) in [5.41, 5.74) is 1.18. The summed E-state index contributed by atoms with van der Waals surface area (Å²) < 4.78 is 10.6. The van der Waals surface area contributed by atoms with Gasteiger partial charge in [-0.25, -0.2) is 0 Å². The summed E-state index contributed by atoms with van der Waals surface area (Å²) in [6.45, 7) is 0.760. The fraction of sp³-hybridized carbons (Fsp3) is 0.143. The minimum absolute atomic E-state index is 0.760. The van der Waals surface area contributed by atoms with Crippen LogP contribution in [0, 0.1) is 0 Å². The maximum atomic E-state index is 5.39. The van der Waals surface area contributed by atoms with Gasteiger partial charge in [0.2, 0.25) is 0 Å². The quantitative estimate of drug-likeness (QED) is 0.566. The third-order valence-corrected chi connectivity index (χ3v) is 3.21. The Morgan fingerprint density at radius 1 is 1.30 bits per heavy atom. The Bertz CT molecular complexity index is 212. The molecule has 2 rings (SSSR count). The molecule has 0 spiro atoms. The molecule has 10 heavy (non-hydrogen) atoms. The first kappa shape index (κ1) is 6.25. The van der Waals surface area contributed by atoms with Gasteiger partial charge in [-0.1, -0.05) is 0 Å². The predicted octanol–water partition coefficient (Wildman–Crippen LogP) is 0.594. The van der Waals surface area contributed by atoms with Crippen LogP contribution < -0.4 is 3.76 Å². The predicted molar refractivity (Wildman–Crippen MR) is 40.4 cm³/mol. The van der Waals surface area contributed by atoms with Crippen LogP contribution in [0.3, 0.4) is 0 Å². The van der Waals surface area contributed by atoms with Gasteiger partial charge in [-0.15, -0.1) is 0 Å². The fourth-order valence-corrected chi connectivity index (χ4v) is 2.69. The SMILES string of the molecule is c1ccc2c(c1)C[O][GeH2][O]2. The topological polar surface area (TPSA) is 18.5 Å². The van der Waals surface area contributed by atoms with Crippen molar-refractivity contribution in [2.45, 2.75) is 6.61 Å². The molecule has 0 aliphatic carbocycles. The van der Waals surface area contributed by atoms with E-state index in [9.17, 15) is 0 Å². The van der Waals surface area contributed by atoms with Gasteiger partial charge in [0.15, 0.2) is 0 Å². The standard InChI is InChI=1S/C7H8GeO2/c1-2-4-7-6(3-1)5-9-8-10-7/h1-4H,5,8H2. The molecule has 1 aliphatic rings. The first-order valence-corrected chi connectivity index (χ1v) is 5.67. The Balaban J connectivity index is 2.41. The first-order chi connectivity index (χ1) is 4.97. The Morgan fingerprint density at radius 3 is 3.10 bits per heavy atom. The van der Waals surface area contributed by atoms with Crippen molar-refractivity contribution in [3.63, 3.8) is 0 Å². The van der Waals surface area contributed by atoms with Gasteiger partial charge in [0.05, 0.1) is 0 Å². The van der Waals surface area contributed by atoms with Crippen molar-refractivity contribution in [3.8, 4) is 5.75 Å². The van der Waals surface area contributed by atoms with Crippen LogP contribution in [0.25, 0.3) is 0 Å². The van der Waals surface area contributed by atoms with Crippen LogP contribution in [0.2, 0.25) is 0 Å². The van der Waals surface area contributed by atoms with E-state index in [2.05, 4.69) is 0 Å². The first-order valence-electron chi connectivity index (χ1n) is 3.25. The van der Waals surface area contributed by atoms with Crippen LogP contribution in [0.15, 0.2) is 24.3 Å². The summed E-state index contributed by atoms with van der Waals surface area (Å²) in [4.78, 5) is 0. The number of hydrogen-bond acceptors (Lipinski definition) is 2. The van der Waals surface area contributed by atoms with Crippen molar-refractivity contribution in [3.05, 3.63) is 29.8 Å². The monoisotopic (exact) mass is 198 g/mol. The molecule has 0 saturated heterocycles. The van der Waals surface area contributed by atoms with Crippen molar-refractivity contribution in [1.29, 1.82) is 0 Å². The van der Waals surface area contributed by atoms with Crippen LogP contribution in [0.4, 0.5) is 0 Å². The van der Waals surface area contributed by atoms with E-state index in [-0.39, 0.29) is 0 Å². The molecule has 0 saturated carbocycles. The molecular formula is C7H8GeO2. The molecule has 2 nitrogen and oxygen atoms in total. The number of fused-ring (bicyclic) bond motifs is 1. The minimum atomic E-state index is -1.08. The Morgan fingerprint density at radius 2 is 2.20 bits per heavy atom. The van der Waals surface area contributed by atoms with E-state index in [1.807, 2.05) is 24.3 Å². The molecule has 0 atom stereocenters. The van der Waals surface area contributed by atoms with E-state index in [1.165, 1.54) is 5.56 Å². The maximum absolute atomic E-state index is 5.39. The molecule has 0 amide bonds. The van der Waals surface area contributed by atoms with Crippen LogP contribution in [0.1, 0.15) is 5.56 Å². The molecule has 1 aromatic carbocycles. The number of hydrogen-bond donors (Lipinski definition) is 0. The molecule has 0 aromatic heterocycles. The van der Waals surface area contributed by atoms with Crippen molar-refractivity contribution >= 4 is 16.1 Å². The van der Waals surface area contributed by atoms with Gasteiger partial charge in [-0.3, -0.25) is 0 Å². The van der Waals surface area contributed by atoms with E-state index in [0.717, 1.165) is 12.4 Å². The number of rotatable bonds is 0. The Hall–Kier alpha value is -0.477. The summed E-state index contributed by atoms with van der Waals surface area (Å²) in [6, 6.07) is 8.04. The summed E-state index contributed by atoms with van der Waals surface area (Å²) in [6.07, 6.45) is 0. The van der Waals surface area contributed by atoms with E-state index in [4.69, 9.17) is 7.53 Å². The average molecular weight is 197 g/mol. The van der Waals surface area contributed by atoms with Gasteiger partial charge in [-0.05, 0) is 0 Å². The molecule has 52 valence electrons. The fourth-order valence-electron chi connectivity index (χ4n) is 1.02. The molecule has 1 aliphatic heterocycles. The molecular weight excluding hydrogens is 189 g/mol. The second-order valence-electron chi connectivity index (χ2n) is 2.22. The van der Waals surface area contributed by atoms with Crippen molar-refractivity contribution in [2.24, 2.45) is 0 Å². The normalized spacial score (nSPS) is 18.0. The van der Waals surface area contributed by atoms with Gasteiger partial charge >= 0.3 is 65.8 Å². The number of para-hydroxylation sites is 1. The van der Waals surface area contributed by atoms with E-state index >= 15 is 0 Å². The zero-order valence-corrected chi connectivity index (χ0v) is 8.51. The van der Waals surface area contributed by atoms with Crippen LogP contribution in [0.5, 0.6) is 5.75 Å². The van der Waals surface area contributed by atoms with Gasteiger partial charge in [-0.2, -0.15) is 0 Å². The van der Waals surface area contributed by atoms with Crippen LogP contribution in [-0.2, 0) is 10.4 Å². The zero-order chi connectivity index (χ0) is 6.81. The summed E-state index contributed by atoms with van der Waals surface area (Å²) in [5, 5.41) is 0. The van der Waals surface area contributed by atoms with Crippen LogP contribution >= 0.6 is 0 Å². The summed E-state index contributed by atoms with van der Waals surface area (Å²) in [5.74, 6) is 1.04. The second kappa shape index (κ2) is 2.64. The van der Waals surface area contributed by atoms with Gasteiger partial charge in [0, 0.05) is 0 Å². The van der Waals surface area contributed by atoms with Crippen molar-refractivity contribution < 1.29 is 7.53 Å². The third-order valence-electron chi connectivity index (χ3n) is 1.53. The molecule has 1 heterocycles. The molecule has 0 radical (unpaired) electrons. The van der Waals surface area contributed by atoms with Gasteiger partial charge in [0.25, 0.3) is 0 Å². The second-order valence-corrected chi connectivity index (χ2v) is 4.18. The molecule has 1 aromatic rings. The third kappa shape index (κ3) is 1.04. The molecule has 0 fully saturated rings. The Labute approximate surface area is 66.3 Å². The molecule has 3 heteroatoms. The Kier molecular flexibility index (Phi) is 1.65. The van der Waals surface area contributed by atoms with Gasteiger partial charge < -0.3 is 0 Å². The molecule has 0 N–H and O–H groups in total. The van der Waals surface area contributed by atoms with E-state index < -0.39 is 16.1 Å². The number of benzene rings is 1. The van der Waals surface area contributed by atoms with E-state index in [1.54, 1.807) is 0 Å².